The van der Waals surface area contributed by atoms with Crippen LogP contribution >= 0.6 is 0 Å². The molecule has 1 heterocycles. The van der Waals surface area contributed by atoms with Crippen molar-refractivity contribution in [3.05, 3.63) is 0 Å². The van der Waals surface area contributed by atoms with Crippen LogP contribution in [0.5, 0.6) is 0 Å². The van der Waals surface area contributed by atoms with Crippen LogP contribution in [0.2, 0.25) is 0 Å². The summed E-state index contributed by atoms with van der Waals surface area (Å²) in [4.78, 5) is 13.4. The molecule has 1 amide bonds. The Balaban J connectivity index is 2.40. The van der Waals surface area contributed by atoms with E-state index in [4.69, 9.17) is 0 Å². The van der Waals surface area contributed by atoms with Crippen molar-refractivity contribution in [3.63, 3.8) is 0 Å². The highest BCUT2D eigenvalue weighted by Gasteiger charge is 2.22. The monoisotopic (exact) mass is 170 g/mol. The zero-order chi connectivity index (χ0) is 8.97. The van der Waals surface area contributed by atoms with Gasteiger partial charge in [-0.15, -0.1) is 0 Å². The molecule has 0 aromatic heterocycles. The first-order valence-electron chi connectivity index (χ1n) is 4.76. The quantitative estimate of drug-likeness (QED) is 0.673. The highest BCUT2D eigenvalue weighted by molar-refractivity contribution is 5.79. The average Bonchev–Trinajstić information content (AvgIpc) is 2.04. The number of rotatable bonds is 3. The second kappa shape index (κ2) is 4.45. The predicted molar refractivity (Wildman–Crippen MR) is 49.0 cm³/mol. The van der Waals surface area contributed by atoms with Crippen LogP contribution in [0.25, 0.3) is 0 Å². The lowest BCUT2D eigenvalue weighted by Crippen LogP contribution is -2.53. The molecule has 3 nitrogen and oxygen atoms in total. The van der Waals surface area contributed by atoms with Gasteiger partial charge in [0.25, 0.3) is 0 Å². The number of piperazine rings is 1. The van der Waals surface area contributed by atoms with Crippen molar-refractivity contribution < 1.29 is 4.79 Å². The Kier molecular flexibility index (Phi) is 3.53. The van der Waals surface area contributed by atoms with E-state index >= 15 is 0 Å². The van der Waals surface area contributed by atoms with Gasteiger partial charge in [0.1, 0.15) is 0 Å². The molecule has 0 aliphatic carbocycles. The van der Waals surface area contributed by atoms with Crippen LogP contribution in [-0.4, -0.2) is 36.5 Å². The van der Waals surface area contributed by atoms with Crippen molar-refractivity contribution in [1.82, 2.24) is 10.2 Å². The third-order valence-corrected chi connectivity index (χ3v) is 2.32. The van der Waals surface area contributed by atoms with Crippen LogP contribution in [0.4, 0.5) is 0 Å². The fraction of sp³-hybridized carbons (Fsp3) is 0.889. The third-order valence-electron chi connectivity index (χ3n) is 2.32. The molecular formula is C9H18N2O. The maximum atomic E-state index is 11.4. The number of carbonyl (C=O) groups excluding carboxylic acids is 1. The summed E-state index contributed by atoms with van der Waals surface area (Å²) in [6, 6.07) is 0.373. The largest absolute Gasteiger partial charge is 0.338 e. The van der Waals surface area contributed by atoms with E-state index < -0.39 is 0 Å². The van der Waals surface area contributed by atoms with Gasteiger partial charge in [-0.25, -0.2) is 0 Å². The molecule has 0 unspecified atom stereocenters. The zero-order valence-corrected chi connectivity index (χ0v) is 7.97. The van der Waals surface area contributed by atoms with Crippen molar-refractivity contribution in [1.29, 1.82) is 0 Å². The van der Waals surface area contributed by atoms with Gasteiger partial charge >= 0.3 is 0 Å². The average molecular weight is 170 g/mol. The molecule has 70 valence electrons. The molecule has 1 saturated heterocycles. The summed E-state index contributed by atoms with van der Waals surface area (Å²) in [5, 5.41) is 3.10. The summed E-state index contributed by atoms with van der Waals surface area (Å²) in [5.41, 5.74) is 0. The molecule has 1 aliphatic heterocycles. The van der Waals surface area contributed by atoms with Crippen LogP contribution in [0.1, 0.15) is 26.7 Å². The second-order valence-corrected chi connectivity index (χ2v) is 3.42. The van der Waals surface area contributed by atoms with Crippen LogP contribution in [-0.2, 0) is 4.79 Å². The van der Waals surface area contributed by atoms with Crippen molar-refractivity contribution in [2.24, 2.45) is 0 Å². The van der Waals surface area contributed by atoms with Gasteiger partial charge in [0.15, 0.2) is 0 Å². The van der Waals surface area contributed by atoms with Crippen molar-refractivity contribution >= 4 is 5.91 Å². The topological polar surface area (TPSA) is 32.3 Å². The summed E-state index contributed by atoms with van der Waals surface area (Å²) >= 11 is 0. The van der Waals surface area contributed by atoms with Crippen molar-refractivity contribution in [2.75, 3.05) is 19.6 Å². The minimum Gasteiger partial charge on any atom is -0.338 e. The van der Waals surface area contributed by atoms with Gasteiger partial charge in [-0.05, 0) is 13.3 Å². The molecule has 0 aromatic carbocycles. The van der Waals surface area contributed by atoms with Gasteiger partial charge in [-0.2, -0.15) is 0 Å². The molecule has 12 heavy (non-hydrogen) atoms. The number of carbonyl (C=O) groups is 1. The summed E-state index contributed by atoms with van der Waals surface area (Å²) in [6.45, 7) is 6.64. The number of amides is 1. The predicted octanol–water partition coefficient (Wildman–Crippen LogP) is 0.607. The molecular weight excluding hydrogens is 152 g/mol. The van der Waals surface area contributed by atoms with E-state index in [1.54, 1.807) is 0 Å². The van der Waals surface area contributed by atoms with E-state index in [9.17, 15) is 4.79 Å². The number of unbranched alkanes of at least 4 members (excludes halogenated alkanes) is 1. The molecule has 1 fully saturated rings. The maximum Gasteiger partial charge on any atom is 0.236 e. The molecule has 0 spiro atoms. The normalized spacial score (nSPS) is 24.7. The van der Waals surface area contributed by atoms with Crippen LogP contribution < -0.4 is 5.32 Å². The Morgan fingerprint density at radius 2 is 2.42 bits per heavy atom. The Bertz CT molecular complexity index is 159. The summed E-state index contributed by atoms with van der Waals surface area (Å²) in [6.07, 6.45) is 2.28. The number of hydrogen-bond donors (Lipinski definition) is 1. The first-order chi connectivity index (χ1) is 5.75. The molecule has 1 atom stereocenters. The molecule has 0 radical (unpaired) electrons. The lowest BCUT2D eigenvalue weighted by atomic mass is 10.2. The van der Waals surface area contributed by atoms with Gasteiger partial charge in [-0.1, -0.05) is 13.3 Å². The van der Waals surface area contributed by atoms with Gasteiger partial charge in [0.05, 0.1) is 6.54 Å². The Morgan fingerprint density at radius 1 is 1.67 bits per heavy atom. The molecule has 0 saturated carbocycles. The Labute approximate surface area is 74.1 Å². The van der Waals surface area contributed by atoms with Crippen molar-refractivity contribution in [3.8, 4) is 0 Å². The molecule has 1 N–H and O–H groups in total. The SMILES string of the molecule is CCCCN1C(=O)CNC[C@@H]1C. The second-order valence-electron chi connectivity index (χ2n) is 3.42. The van der Waals surface area contributed by atoms with E-state index in [2.05, 4.69) is 19.2 Å². The van der Waals surface area contributed by atoms with E-state index in [0.717, 1.165) is 25.9 Å². The zero-order valence-electron chi connectivity index (χ0n) is 7.97. The van der Waals surface area contributed by atoms with Gasteiger partial charge in [-0.3, -0.25) is 4.79 Å². The maximum absolute atomic E-state index is 11.4. The first-order valence-corrected chi connectivity index (χ1v) is 4.76. The lowest BCUT2D eigenvalue weighted by molar-refractivity contribution is -0.134. The standard InChI is InChI=1S/C9H18N2O/c1-3-4-5-11-8(2)6-10-7-9(11)12/h8,10H,3-7H2,1-2H3/t8-/m0/s1. The molecule has 1 rings (SSSR count). The van der Waals surface area contributed by atoms with Gasteiger partial charge in [0, 0.05) is 19.1 Å². The molecule has 0 aromatic rings. The van der Waals surface area contributed by atoms with Gasteiger partial charge < -0.3 is 10.2 Å². The summed E-state index contributed by atoms with van der Waals surface area (Å²) in [5.74, 6) is 0.252. The van der Waals surface area contributed by atoms with Crippen LogP contribution in [0.3, 0.4) is 0 Å². The van der Waals surface area contributed by atoms with E-state index in [-0.39, 0.29) is 5.91 Å². The van der Waals surface area contributed by atoms with E-state index in [1.807, 2.05) is 4.90 Å². The minimum absolute atomic E-state index is 0.252. The van der Waals surface area contributed by atoms with E-state index in [0.29, 0.717) is 12.6 Å². The molecule has 1 aliphatic rings. The van der Waals surface area contributed by atoms with Crippen LogP contribution in [0, 0.1) is 0 Å². The smallest absolute Gasteiger partial charge is 0.236 e. The highest BCUT2D eigenvalue weighted by atomic mass is 16.2. The number of nitrogens with zero attached hydrogens (tertiary/aromatic N) is 1. The fourth-order valence-electron chi connectivity index (χ4n) is 1.52. The lowest BCUT2D eigenvalue weighted by Gasteiger charge is -2.33. The molecule has 3 heteroatoms. The Morgan fingerprint density at radius 3 is 3.00 bits per heavy atom. The molecule has 0 bridgehead atoms. The number of hydrogen-bond acceptors (Lipinski definition) is 2. The summed E-state index contributed by atoms with van der Waals surface area (Å²) < 4.78 is 0. The Hall–Kier alpha value is -0.570. The number of nitrogens with one attached hydrogen (secondary N) is 1. The highest BCUT2D eigenvalue weighted by Crippen LogP contribution is 2.05. The third kappa shape index (κ3) is 2.21. The first kappa shape index (κ1) is 9.52. The van der Waals surface area contributed by atoms with Gasteiger partial charge in [0.2, 0.25) is 5.91 Å². The minimum atomic E-state index is 0.252. The van der Waals surface area contributed by atoms with Crippen LogP contribution in [0.15, 0.2) is 0 Å². The summed E-state index contributed by atoms with van der Waals surface area (Å²) in [7, 11) is 0. The van der Waals surface area contributed by atoms with Crippen molar-refractivity contribution in [2.45, 2.75) is 32.7 Å². The van der Waals surface area contributed by atoms with E-state index in [1.165, 1.54) is 0 Å². The fourth-order valence-corrected chi connectivity index (χ4v) is 1.52.